The molecule has 0 aliphatic rings. The molecule has 7 heavy (non-hydrogen) atoms. The molecule has 0 bridgehead atoms. The van der Waals surface area contributed by atoms with E-state index in [1.54, 1.807) is 0 Å². The number of halogens is 2. The molecular formula is H8Cl2O3Ru2. The average molecular weight is 329 g/mol. The van der Waals surface area contributed by atoms with Gasteiger partial charge in [-0.3, -0.25) is 0 Å². The molecule has 0 aromatic rings. The fraction of sp³-hybridized carbons (Fsp3) is 0. The van der Waals surface area contributed by atoms with Crippen molar-refractivity contribution in [2.75, 3.05) is 0 Å². The molecule has 0 fully saturated rings. The smallest absolute Gasteiger partial charge is 0 e. The monoisotopic (exact) mass is 330 g/mol. The number of hydrogen-bond acceptors (Lipinski definition) is 0. The number of rotatable bonds is 0. The predicted octanol–water partition coefficient (Wildman–Crippen LogP) is -1.64. The fourth-order valence-electron chi connectivity index (χ4n) is 0. The predicted molar refractivity (Wildman–Crippen MR) is 25.3 cm³/mol. The van der Waals surface area contributed by atoms with Gasteiger partial charge in [-0.15, -0.1) is 24.8 Å². The second-order valence-electron chi connectivity index (χ2n) is 0. The summed E-state index contributed by atoms with van der Waals surface area (Å²) in [6.07, 6.45) is 0. The molecule has 56 valence electrons. The molecule has 0 aromatic carbocycles. The quantitative estimate of drug-likeness (QED) is 0.477. The van der Waals surface area contributed by atoms with Gasteiger partial charge in [0.1, 0.15) is 0 Å². The largest absolute Gasteiger partial charge is 0.412 e. The zero-order valence-electron chi connectivity index (χ0n) is 3.02. The molecule has 6 N–H and O–H groups in total. The van der Waals surface area contributed by atoms with Gasteiger partial charge in [0, 0.05) is 39.0 Å². The molecule has 0 radical (unpaired) electrons. The van der Waals surface area contributed by atoms with Crippen molar-refractivity contribution in [1.82, 2.24) is 0 Å². The Hall–Kier alpha value is 1.71. The van der Waals surface area contributed by atoms with E-state index >= 15 is 0 Å². The third-order valence-corrected chi connectivity index (χ3v) is 0. The van der Waals surface area contributed by atoms with Crippen molar-refractivity contribution in [2.45, 2.75) is 0 Å². The Morgan fingerprint density at radius 1 is 0.429 bits per heavy atom. The van der Waals surface area contributed by atoms with E-state index in [9.17, 15) is 0 Å². The van der Waals surface area contributed by atoms with E-state index < -0.39 is 0 Å². The van der Waals surface area contributed by atoms with Gasteiger partial charge in [0.05, 0.1) is 0 Å². The van der Waals surface area contributed by atoms with Gasteiger partial charge >= 0.3 is 0 Å². The molecule has 0 amide bonds. The summed E-state index contributed by atoms with van der Waals surface area (Å²) in [5.74, 6) is 0. The van der Waals surface area contributed by atoms with Crippen molar-refractivity contribution in [1.29, 1.82) is 0 Å². The van der Waals surface area contributed by atoms with Crippen molar-refractivity contribution in [3.63, 3.8) is 0 Å². The van der Waals surface area contributed by atoms with E-state index in [2.05, 4.69) is 0 Å². The normalized spacial score (nSPS) is 0. The first-order valence-electron chi connectivity index (χ1n) is 0. The van der Waals surface area contributed by atoms with Crippen LogP contribution < -0.4 is 0 Å². The van der Waals surface area contributed by atoms with E-state index in [1.807, 2.05) is 0 Å². The Morgan fingerprint density at radius 3 is 0.429 bits per heavy atom. The van der Waals surface area contributed by atoms with Crippen LogP contribution in [0.15, 0.2) is 0 Å². The van der Waals surface area contributed by atoms with Gasteiger partial charge in [-0.1, -0.05) is 0 Å². The Kier molecular flexibility index (Phi) is 3020. The van der Waals surface area contributed by atoms with E-state index in [4.69, 9.17) is 0 Å². The first-order chi connectivity index (χ1) is 0. The summed E-state index contributed by atoms with van der Waals surface area (Å²) in [5, 5.41) is 0. The first-order valence-corrected chi connectivity index (χ1v) is 0. The van der Waals surface area contributed by atoms with Crippen LogP contribution in [0.25, 0.3) is 0 Å². The summed E-state index contributed by atoms with van der Waals surface area (Å²) in [6.45, 7) is 0. The van der Waals surface area contributed by atoms with E-state index in [-0.39, 0.29) is 80.2 Å². The number of hydrogen-bond donors (Lipinski definition) is 0. The molecule has 0 spiro atoms. The minimum Gasteiger partial charge on any atom is -0.412 e. The summed E-state index contributed by atoms with van der Waals surface area (Å²) in [7, 11) is 0. The fourth-order valence-corrected chi connectivity index (χ4v) is 0. The van der Waals surface area contributed by atoms with Gasteiger partial charge in [-0.25, -0.2) is 0 Å². The van der Waals surface area contributed by atoms with E-state index in [0.717, 1.165) is 0 Å². The van der Waals surface area contributed by atoms with Crippen LogP contribution in [-0.2, 0) is 39.0 Å². The zero-order chi connectivity index (χ0) is 0. The third kappa shape index (κ3) is 86.2. The Labute approximate surface area is 79.9 Å². The molecule has 0 unspecified atom stereocenters. The minimum absolute atomic E-state index is 0. The van der Waals surface area contributed by atoms with E-state index in [1.165, 1.54) is 0 Å². The van der Waals surface area contributed by atoms with Crippen LogP contribution in [0.2, 0.25) is 0 Å². The van der Waals surface area contributed by atoms with Gasteiger partial charge in [0.25, 0.3) is 0 Å². The van der Waals surface area contributed by atoms with Crippen LogP contribution in [0.5, 0.6) is 0 Å². The summed E-state index contributed by atoms with van der Waals surface area (Å²) >= 11 is 0. The van der Waals surface area contributed by atoms with Crippen LogP contribution in [0, 0.1) is 0 Å². The Balaban J connectivity index is 0. The second-order valence-corrected chi connectivity index (χ2v) is 0. The average Bonchev–Trinajstić information content (AvgIpc) is 0. The molecule has 7 heteroatoms. The van der Waals surface area contributed by atoms with Gasteiger partial charge in [0.2, 0.25) is 0 Å². The van der Waals surface area contributed by atoms with Crippen LogP contribution in [-0.4, -0.2) is 16.4 Å². The van der Waals surface area contributed by atoms with Gasteiger partial charge in [-0.05, 0) is 0 Å². The second kappa shape index (κ2) is 119. The summed E-state index contributed by atoms with van der Waals surface area (Å²) in [4.78, 5) is 0. The Morgan fingerprint density at radius 2 is 0.429 bits per heavy atom. The molecular weight excluding hydrogens is 321 g/mol. The standard InChI is InChI=1S/2ClH.3H2O.2Ru/h2*1H;3*1H2;;. The molecule has 0 aliphatic heterocycles. The summed E-state index contributed by atoms with van der Waals surface area (Å²) < 4.78 is 0. The van der Waals surface area contributed by atoms with Crippen molar-refractivity contribution in [3.05, 3.63) is 0 Å². The maximum absolute atomic E-state index is 0. The molecule has 0 atom stereocenters. The van der Waals surface area contributed by atoms with Crippen molar-refractivity contribution < 1.29 is 55.4 Å². The molecule has 0 saturated carbocycles. The third-order valence-electron chi connectivity index (χ3n) is 0. The van der Waals surface area contributed by atoms with Crippen LogP contribution in [0.3, 0.4) is 0 Å². The minimum atomic E-state index is 0. The Bertz CT molecular complexity index is 10.9. The topological polar surface area (TPSA) is 94.5 Å². The molecule has 0 aromatic heterocycles. The van der Waals surface area contributed by atoms with E-state index in [0.29, 0.717) is 0 Å². The van der Waals surface area contributed by atoms with Crippen LogP contribution in [0.4, 0.5) is 0 Å². The first kappa shape index (κ1) is 178. The molecule has 0 heterocycles. The van der Waals surface area contributed by atoms with Crippen LogP contribution >= 0.6 is 24.8 Å². The summed E-state index contributed by atoms with van der Waals surface area (Å²) in [6, 6.07) is 0. The van der Waals surface area contributed by atoms with Crippen molar-refractivity contribution >= 4 is 24.8 Å². The zero-order valence-corrected chi connectivity index (χ0v) is 8.13. The molecule has 0 aliphatic carbocycles. The van der Waals surface area contributed by atoms with Crippen molar-refractivity contribution in [3.8, 4) is 0 Å². The summed E-state index contributed by atoms with van der Waals surface area (Å²) in [5.41, 5.74) is 0. The SMILES string of the molecule is Cl.Cl.O.O.O.[Ru].[Ru]. The van der Waals surface area contributed by atoms with Gasteiger partial charge in [0.15, 0.2) is 0 Å². The van der Waals surface area contributed by atoms with Crippen molar-refractivity contribution in [2.24, 2.45) is 0 Å². The molecule has 0 rings (SSSR count). The maximum atomic E-state index is 0. The molecule has 0 saturated heterocycles. The maximum Gasteiger partial charge on any atom is 0 e. The molecule has 3 nitrogen and oxygen atoms in total. The van der Waals surface area contributed by atoms with Gasteiger partial charge in [-0.2, -0.15) is 0 Å². The van der Waals surface area contributed by atoms with Crippen LogP contribution in [0.1, 0.15) is 0 Å². The van der Waals surface area contributed by atoms with Gasteiger partial charge < -0.3 is 16.4 Å².